The number of halogens is 1. The third-order valence-electron chi connectivity index (χ3n) is 3.24. The van der Waals surface area contributed by atoms with Gasteiger partial charge in [0, 0.05) is 3.57 Å². The number of amides is 1. The number of aliphatic imine (C=N–C) groups is 1. The molecule has 0 atom stereocenters. The molecule has 0 unspecified atom stereocenters. The molecule has 6 nitrogen and oxygen atoms in total. The van der Waals surface area contributed by atoms with E-state index < -0.39 is 12.6 Å². The van der Waals surface area contributed by atoms with Crippen LogP contribution in [-0.2, 0) is 9.59 Å². The van der Waals surface area contributed by atoms with Crippen molar-refractivity contribution in [2.24, 2.45) is 4.99 Å². The molecule has 132 valence electrons. The Morgan fingerprint density at radius 2 is 2.08 bits per heavy atom. The van der Waals surface area contributed by atoms with Gasteiger partial charge in [-0.25, -0.2) is 9.79 Å². The van der Waals surface area contributed by atoms with E-state index in [1.54, 1.807) is 24.3 Å². The van der Waals surface area contributed by atoms with Gasteiger partial charge >= 0.3 is 5.97 Å². The topological polar surface area (TPSA) is 88.0 Å². The lowest BCUT2D eigenvalue weighted by molar-refractivity contribution is -0.139. The van der Waals surface area contributed by atoms with Crippen LogP contribution in [0.25, 0.3) is 6.08 Å². The van der Waals surface area contributed by atoms with E-state index in [0.717, 1.165) is 14.8 Å². The predicted molar refractivity (Wildman–Crippen MR) is 110 cm³/mol. The van der Waals surface area contributed by atoms with E-state index in [2.05, 4.69) is 32.9 Å². The second-order valence-corrected chi connectivity index (χ2v) is 7.38. The standard InChI is InChI=1S/C18H13IN2O4S/c19-13-6-1-2-7-14(13)20-18-21-17(24)15(26-18)9-11-4-3-5-12(8-11)25-10-16(22)23/h1-9H,10H2,(H,22,23)(H,20,21,24)/b15-9+. The maximum Gasteiger partial charge on any atom is 0.341 e. The highest BCUT2D eigenvalue weighted by atomic mass is 127. The lowest BCUT2D eigenvalue weighted by Gasteiger charge is -2.03. The monoisotopic (exact) mass is 480 g/mol. The number of carboxylic acids is 1. The molecule has 0 radical (unpaired) electrons. The zero-order chi connectivity index (χ0) is 18.5. The number of nitrogens with zero attached hydrogens (tertiary/aromatic N) is 1. The number of aliphatic carboxylic acids is 1. The summed E-state index contributed by atoms with van der Waals surface area (Å²) in [6.07, 6.45) is 1.71. The van der Waals surface area contributed by atoms with Crippen LogP contribution in [-0.4, -0.2) is 28.8 Å². The van der Waals surface area contributed by atoms with Crippen molar-refractivity contribution in [2.45, 2.75) is 0 Å². The molecule has 8 heteroatoms. The number of carbonyl (C=O) groups excluding carboxylic acids is 1. The normalized spacial score (nSPS) is 16.7. The number of carbonyl (C=O) groups is 2. The van der Waals surface area contributed by atoms with Crippen LogP contribution in [0.3, 0.4) is 0 Å². The van der Waals surface area contributed by atoms with E-state index in [0.29, 0.717) is 15.8 Å². The molecule has 0 spiro atoms. The predicted octanol–water partition coefficient (Wildman–Crippen LogP) is 3.65. The fourth-order valence-corrected chi connectivity index (χ4v) is 3.47. The van der Waals surface area contributed by atoms with E-state index in [1.807, 2.05) is 30.3 Å². The van der Waals surface area contributed by atoms with E-state index in [1.165, 1.54) is 11.8 Å². The van der Waals surface area contributed by atoms with E-state index in [9.17, 15) is 9.59 Å². The van der Waals surface area contributed by atoms with Gasteiger partial charge in [-0.15, -0.1) is 0 Å². The molecule has 2 aromatic carbocycles. The van der Waals surface area contributed by atoms with Gasteiger partial charge in [0.25, 0.3) is 5.91 Å². The van der Waals surface area contributed by atoms with Crippen molar-refractivity contribution in [1.82, 2.24) is 5.32 Å². The van der Waals surface area contributed by atoms with E-state index in [-0.39, 0.29) is 5.91 Å². The van der Waals surface area contributed by atoms with Crippen molar-refractivity contribution in [2.75, 3.05) is 6.61 Å². The molecule has 2 N–H and O–H groups in total. The van der Waals surface area contributed by atoms with Crippen molar-refractivity contribution in [3.05, 3.63) is 62.6 Å². The van der Waals surface area contributed by atoms with Crippen molar-refractivity contribution >= 4 is 63.2 Å². The number of amidine groups is 1. The van der Waals surface area contributed by atoms with Gasteiger partial charge in [-0.2, -0.15) is 0 Å². The average molecular weight is 480 g/mol. The van der Waals surface area contributed by atoms with Crippen LogP contribution in [0.4, 0.5) is 5.69 Å². The maximum absolute atomic E-state index is 12.2. The van der Waals surface area contributed by atoms with Gasteiger partial charge in [0.1, 0.15) is 5.75 Å². The van der Waals surface area contributed by atoms with Gasteiger partial charge in [0.05, 0.1) is 10.6 Å². The number of carboxylic acid groups (broad SMARTS) is 1. The molecule has 0 aliphatic carbocycles. The number of benzene rings is 2. The molecule has 1 aliphatic rings. The van der Waals surface area contributed by atoms with E-state index in [4.69, 9.17) is 9.84 Å². The highest BCUT2D eigenvalue weighted by Gasteiger charge is 2.24. The largest absolute Gasteiger partial charge is 0.482 e. The van der Waals surface area contributed by atoms with Crippen LogP contribution < -0.4 is 10.1 Å². The molecule has 2 aromatic rings. The third-order valence-corrected chi connectivity index (χ3v) is 5.07. The van der Waals surface area contributed by atoms with Crippen molar-refractivity contribution in [3.8, 4) is 5.75 Å². The van der Waals surface area contributed by atoms with E-state index >= 15 is 0 Å². The number of thioether (sulfide) groups is 1. The lowest BCUT2D eigenvalue weighted by atomic mass is 10.2. The van der Waals surface area contributed by atoms with Crippen LogP contribution in [0.5, 0.6) is 5.75 Å². The van der Waals surface area contributed by atoms with Crippen molar-refractivity contribution < 1.29 is 19.4 Å². The Kier molecular flexibility index (Phi) is 5.94. The summed E-state index contributed by atoms with van der Waals surface area (Å²) in [4.78, 5) is 27.7. The Labute approximate surface area is 167 Å². The lowest BCUT2D eigenvalue weighted by Crippen LogP contribution is -2.19. The summed E-state index contributed by atoms with van der Waals surface area (Å²) in [5.41, 5.74) is 1.53. The number of para-hydroxylation sites is 1. The molecule has 0 saturated carbocycles. The van der Waals surface area contributed by atoms with Crippen molar-refractivity contribution in [1.29, 1.82) is 0 Å². The third kappa shape index (κ3) is 4.85. The Morgan fingerprint density at radius 1 is 1.27 bits per heavy atom. The van der Waals surface area contributed by atoms with Crippen LogP contribution in [0.15, 0.2) is 58.4 Å². The molecule has 3 rings (SSSR count). The molecular weight excluding hydrogens is 467 g/mol. The Balaban J connectivity index is 1.78. The Bertz CT molecular complexity index is 927. The smallest absolute Gasteiger partial charge is 0.341 e. The van der Waals surface area contributed by atoms with Crippen LogP contribution >= 0.6 is 34.4 Å². The fraction of sp³-hybridized carbons (Fsp3) is 0.0556. The first-order valence-electron chi connectivity index (χ1n) is 7.50. The van der Waals surface area contributed by atoms with Gasteiger partial charge in [-0.1, -0.05) is 24.3 Å². The molecule has 0 bridgehead atoms. The summed E-state index contributed by atoms with van der Waals surface area (Å²) in [7, 11) is 0. The SMILES string of the molecule is O=C(O)COc1cccc(/C=C2/SC(=Nc3ccccc3I)NC2=O)c1. The minimum absolute atomic E-state index is 0.225. The zero-order valence-corrected chi connectivity index (χ0v) is 16.3. The van der Waals surface area contributed by atoms with Gasteiger partial charge in [0.2, 0.25) is 0 Å². The van der Waals surface area contributed by atoms with Crippen LogP contribution in [0.2, 0.25) is 0 Å². The first-order valence-corrected chi connectivity index (χ1v) is 9.39. The summed E-state index contributed by atoms with van der Waals surface area (Å²) < 4.78 is 6.15. The number of nitrogens with one attached hydrogen (secondary N) is 1. The number of ether oxygens (including phenoxy) is 1. The maximum atomic E-state index is 12.2. The molecule has 0 aromatic heterocycles. The summed E-state index contributed by atoms with van der Waals surface area (Å²) in [6, 6.07) is 14.5. The summed E-state index contributed by atoms with van der Waals surface area (Å²) >= 11 is 3.45. The first-order chi connectivity index (χ1) is 12.5. The molecule has 1 heterocycles. The number of rotatable bonds is 5. The summed E-state index contributed by atoms with van der Waals surface area (Å²) in [6.45, 7) is -0.415. The van der Waals surface area contributed by atoms with Crippen LogP contribution in [0, 0.1) is 3.57 Å². The van der Waals surface area contributed by atoms with Gasteiger partial charge in [0.15, 0.2) is 11.8 Å². The molecule has 1 fully saturated rings. The molecular formula is C18H13IN2O4S. The molecule has 1 amide bonds. The Morgan fingerprint density at radius 3 is 2.85 bits per heavy atom. The Hall–Kier alpha value is -2.33. The minimum Gasteiger partial charge on any atom is -0.482 e. The number of hydrogen-bond acceptors (Lipinski definition) is 5. The summed E-state index contributed by atoms with van der Waals surface area (Å²) in [5, 5.41) is 11.9. The van der Waals surface area contributed by atoms with Gasteiger partial charge in [-0.3, -0.25) is 4.79 Å². The molecule has 1 aliphatic heterocycles. The van der Waals surface area contributed by atoms with Gasteiger partial charge in [-0.05, 0) is 70.3 Å². The highest BCUT2D eigenvalue weighted by molar-refractivity contribution is 14.1. The minimum atomic E-state index is -1.05. The summed E-state index contributed by atoms with van der Waals surface area (Å²) in [5.74, 6) is -0.842. The van der Waals surface area contributed by atoms with Crippen molar-refractivity contribution in [3.63, 3.8) is 0 Å². The number of hydrogen-bond donors (Lipinski definition) is 2. The second kappa shape index (κ2) is 8.37. The first kappa shape index (κ1) is 18.5. The zero-order valence-electron chi connectivity index (χ0n) is 13.3. The highest BCUT2D eigenvalue weighted by Crippen LogP contribution is 2.30. The molecule has 1 saturated heterocycles. The quantitative estimate of drug-likeness (QED) is 0.504. The molecule has 26 heavy (non-hydrogen) atoms. The van der Waals surface area contributed by atoms with Crippen LogP contribution in [0.1, 0.15) is 5.56 Å². The second-order valence-electron chi connectivity index (χ2n) is 5.19. The fourth-order valence-electron chi connectivity index (χ4n) is 2.12. The average Bonchev–Trinajstić information content (AvgIpc) is 2.95. The van der Waals surface area contributed by atoms with Gasteiger partial charge < -0.3 is 15.2 Å².